The molecule has 0 aliphatic rings. The molecule has 0 saturated heterocycles. The van der Waals surface area contributed by atoms with E-state index in [4.69, 9.17) is 0 Å². The largest absolute Gasteiger partial charge is 0.326 e. The van der Waals surface area contributed by atoms with Gasteiger partial charge in [-0.15, -0.1) is 0 Å². The summed E-state index contributed by atoms with van der Waals surface area (Å²) in [6, 6.07) is 11.3. The third kappa shape index (κ3) is 7.42. The fourth-order valence-corrected chi connectivity index (χ4v) is 2.44. The van der Waals surface area contributed by atoms with Crippen molar-refractivity contribution < 1.29 is 18.4 Å². The second-order valence-electron chi connectivity index (χ2n) is 6.02. The Bertz CT molecular complexity index is 652. The summed E-state index contributed by atoms with van der Waals surface area (Å²) in [6.45, 7) is 0. The second kappa shape index (κ2) is 10.3. The summed E-state index contributed by atoms with van der Waals surface area (Å²) in [5.41, 5.74) is 1.16. The van der Waals surface area contributed by atoms with Crippen LogP contribution in [-0.2, 0) is 9.59 Å². The Balaban J connectivity index is 1.53. The zero-order valence-electron chi connectivity index (χ0n) is 14.4. The molecule has 0 aliphatic heterocycles. The Morgan fingerprint density at radius 1 is 0.615 bits per heavy atom. The van der Waals surface area contributed by atoms with Gasteiger partial charge in [-0.05, 0) is 61.4 Å². The maximum atomic E-state index is 12.8. The lowest BCUT2D eigenvalue weighted by molar-refractivity contribution is -0.117. The van der Waals surface area contributed by atoms with Crippen molar-refractivity contribution in [3.63, 3.8) is 0 Å². The molecule has 2 aromatic rings. The van der Waals surface area contributed by atoms with E-state index in [0.717, 1.165) is 25.7 Å². The number of benzene rings is 2. The number of rotatable bonds is 9. The van der Waals surface area contributed by atoms with E-state index in [-0.39, 0.29) is 23.4 Å². The molecule has 0 saturated carbocycles. The van der Waals surface area contributed by atoms with Crippen molar-refractivity contribution >= 4 is 23.2 Å². The number of hydrogen-bond acceptors (Lipinski definition) is 2. The van der Waals surface area contributed by atoms with E-state index in [1.165, 1.54) is 48.5 Å². The average molecular weight is 360 g/mol. The van der Waals surface area contributed by atoms with Gasteiger partial charge in [-0.3, -0.25) is 9.59 Å². The topological polar surface area (TPSA) is 58.2 Å². The molecule has 4 nitrogen and oxygen atoms in total. The Hall–Kier alpha value is -2.76. The van der Waals surface area contributed by atoms with Gasteiger partial charge >= 0.3 is 0 Å². The number of unbranched alkanes of at least 4 members (excludes halogenated alkanes) is 3. The minimum atomic E-state index is -0.341. The monoisotopic (exact) mass is 360 g/mol. The van der Waals surface area contributed by atoms with Gasteiger partial charge in [0.15, 0.2) is 0 Å². The van der Waals surface area contributed by atoms with E-state index >= 15 is 0 Å². The Morgan fingerprint density at radius 2 is 0.962 bits per heavy atom. The highest BCUT2D eigenvalue weighted by Crippen LogP contribution is 2.12. The lowest BCUT2D eigenvalue weighted by atomic mass is 10.1. The minimum Gasteiger partial charge on any atom is -0.326 e. The van der Waals surface area contributed by atoms with Gasteiger partial charge in [-0.25, -0.2) is 8.78 Å². The number of amides is 2. The third-order valence-electron chi connectivity index (χ3n) is 3.81. The number of hydrogen-bond donors (Lipinski definition) is 2. The van der Waals surface area contributed by atoms with Gasteiger partial charge in [-0.1, -0.05) is 12.8 Å². The van der Waals surface area contributed by atoms with Gasteiger partial charge in [-0.2, -0.15) is 0 Å². The summed E-state index contributed by atoms with van der Waals surface area (Å²) in [4.78, 5) is 23.5. The first-order chi connectivity index (χ1) is 12.5. The number of nitrogens with one attached hydrogen (secondary N) is 2. The predicted molar refractivity (Wildman–Crippen MR) is 97.8 cm³/mol. The fraction of sp³-hybridized carbons (Fsp3) is 0.300. The van der Waals surface area contributed by atoms with Gasteiger partial charge in [0.05, 0.1) is 0 Å². The fourth-order valence-electron chi connectivity index (χ4n) is 2.44. The van der Waals surface area contributed by atoms with Gasteiger partial charge in [0, 0.05) is 24.2 Å². The van der Waals surface area contributed by atoms with Crippen LogP contribution >= 0.6 is 0 Å². The Labute approximate surface area is 151 Å². The summed E-state index contributed by atoms with van der Waals surface area (Å²) < 4.78 is 25.6. The molecule has 0 aromatic heterocycles. The quantitative estimate of drug-likeness (QED) is 0.626. The van der Waals surface area contributed by atoms with E-state index in [2.05, 4.69) is 10.6 Å². The molecule has 2 rings (SSSR count). The Morgan fingerprint density at radius 3 is 1.31 bits per heavy atom. The van der Waals surface area contributed by atoms with Crippen molar-refractivity contribution in [2.45, 2.75) is 38.5 Å². The molecule has 2 aromatic carbocycles. The van der Waals surface area contributed by atoms with Gasteiger partial charge in [0.2, 0.25) is 11.8 Å². The lowest BCUT2D eigenvalue weighted by Crippen LogP contribution is -2.11. The molecule has 138 valence electrons. The summed E-state index contributed by atoms with van der Waals surface area (Å²) in [6.07, 6.45) is 3.93. The molecule has 26 heavy (non-hydrogen) atoms. The molecule has 0 aliphatic carbocycles. The van der Waals surface area contributed by atoms with E-state index in [1.54, 1.807) is 0 Å². The molecule has 2 N–H and O–H groups in total. The zero-order chi connectivity index (χ0) is 18.8. The first-order valence-corrected chi connectivity index (χ1v) is 8.64. The molecular weight excluding hydrogens is 338 g/mol. The second-order valence-corrected chi connectivity index (χ2v) is 6.02. The number of halogens is 2. The van der Waals surface area contributed by atoms with Crippen LogP contribution in [0.1, 0.15) is 38.5 Å². The highest BCUT2D eigenvalue weighted by Gasteiger charge is 2.04. The molecule has 6 heteroatoms. The molecule has 0 atom stereocenters. The maximum Gasteiger partial charge on any atom is 0.224 e. The lowest BCUT2D eigenvalue weighted by Gasteiger charge is -2.06. The minimum absolute atomic E-state index is 0.106. The molecule has 0 spiro atoms. The third-order valence-corrected chi connectivity index (χ3v) is 3.81. The standard InChI is InChI=1S/C20H22F2N2O2/c21-15-7-11-17(12-8-15)23-19(25)5-3-1-2-4-6-20(26)24-18-13-9-16(22)10-14-18/h7-14H,1-6H2,(H,23,25)(H,24,26). The first-order valence-electron chi connectivity index (χ1n) is 8.64. The van der Waals surface area contributed by atoms with Crippen molar-refractivity contribution in [1.29, 1.82) is 0 Å². The molecule has 0 radical (unpaired) electrons. The van der Waals surface area contributed by atoms with Crippen LogP contribution in [0.2, 0.25) is 0 Å². The van der Waals surface area contributed by atoms with Crippen LogP contribution in [0.25, 0.3) is 0 Å². The number of carbonyl (C=O) groups excluding carboxylic acids is 2. The SMILES string of the molecule is O=C(CCCCCCC(=O)Nc1ccc(F)cc1)Nc1ccc(F)cc1. The Kier molecular flexibility index (Phi) is 7.74. The van der Waals surface area contributed by atoms with E-state index in [9.17, 15) is 18.4 Å². The summed E-state index contributed by atoms with van der Waals surface area (Å²) in [5, 5.41) is 5.43. The molecule has 0 fully saturated rings. The summed E-state index contributed by atoms with van der Waals surface area (Å²) in [7, 11) is 0. The van der Waals surface area contributed by atoms with E-state index in [0.29, 0.717) is 24.2 Å². The molecular formula is C20H22F2N2O2. The van der Waals surface area contributed by atoms with Crippen molar-refractivity contribution in [3.05, 3.63) is 60.2 Å². The van der Waals surface area contributed by atoms with Crippen molar-refractivity contribution in [2.75, 3.05) is 10.6 Å². The van der Waals surface area contributed by atoms with Crippen LogP contribution in [0, 0.1) is 11.6 Å². The maximum absolute atomic E-state index is 12.8. The molecule has 2 amide bonds. The van der Waals surface area contributed by atoms with Crippen LogP contribution in [-0.4, -0.2) is 11.8 Å². The average Bonchev–Trinajstić information content (AvgIpc) is 2.62. The van der Waals surface area contributed by atoms with Crippen LogP contribution in [0.3, 0.4) is 0 Å². The van der Waals surface area contributed by atoms with E-state index < -0.39 is 0 Å². The van der Waals surface area contributed by atoms with Gasteiger partial charge in [0.25, 0.3) is 0 Å². The molecule has 0 heterocycles. The van der Waals surface area contributed by atoms with Crippen LogP contribution in [0.15, 0.2) is 48.5 Å². The number of carbonyl (C=O) groups is 2. The first kappa shape index (κ1) is 19.6. The molecule has 0 bridgehead atoms. The highest BCUT2D eigenvalue weighted by atomic mass is 19.1. The number of anilines is 2. The predicted octanol–water partition coefficient (Wildman–Crippen LogP) is 4.88. The summed E-state index contributed by atoms with van der Waals surface area (Å²) in [5.74, 6) is -0.894. The van der Waals surface area contributed by atoms with Crippen molar-refractivity contribution in [2.24, 2.45) is 0 Å². The highest BCUT2D eigenvalue weighted by molar-refractivity contribution is 5.91. The van der Waals surface area contributed by atoms with Gasteiger partial charge < -0.3 is 10.6 Å². The van der Waals surface area contributed by atoms with Crippen LogP contribution in [0.4, 0.5) is 20.2 Å². The van der Waals surface area contributed by atoms with Crippen molar-refractivity contribution in [3.8, 4) is 0 Å². The normalized spacial score (nSPS) is 10.4. The van der Waals surface area contributed by atoms with Crippen molar-refractivity contribution in [1.82, 2.24) is 0 Å². The van der Waals surface area contributed by atoms with Gasteiger partial charge in [0.1, 0.15) is 11.6 Å². The van der Waals surface area contributed by atoms with E-state index in [1.807, 2.05) is 0 Å². The zero-order valence-corrected chi connectivity index (χ0v) is 14.4. The smallest absolute Gasteiger partial charge is 0.224 e. The summed E-state index contributed by atoms with van der Waals surface area (Å²) >= 11 is 0. The molecule has 0 unspecified atom stereocenters. The van der Waals surface area contributed by atoms with Crippen LogP contribution in [0.5, 0.6) is 0 Å². The van der Waals surface area contributed by atoms with Crippen LogP contribution < -0.4 is 10.6 Å².